The van der Waals surface area contributed by atoms with Gasteiger partial charge in [0.25, 0.3) is 0 Å². The van der Waals surface area contributed by atoms with E-state index in [0.29, 0.717) is 17.9 Å². The number of rotatable bonds is 10. The van der Waals surface area contributed by atoms with Crippen molar-refractivity contribution in [1.29, 1.82) is 0 Å². The van der Waals surface area contributed by atoms with E-state index in [0.717, 1.165) is 51.0 Å². The minimum absolute atomic E-state index is 0.0741. The summed E-state index contributed by atoms with van der Waals surface area (Å²) in [5.74, 6) is 3.24. The Bertz CT molecular complexity index is 1060. The summed E-state index contributed by atoms with van der Waals surface area (Å²) in [4.78, 5) is 17.1. The third-order valence-electron chi connectivity index (χ3n) is 5.07. The lowest BCUT2D eigenvalue weighted by atomic mass is 10.0. The number of ether oxygens (including phenoxy) is 2. The van der Waals surface area contributed by atoms with Crippen molar-refractivity contribution in [2.45, 2.75) is 39.4 Å². The van der Waals surface area contributed by atoms with Crippen molar-refractivity contribution in [2.24, 2.45) is 0 Å². The Hall–Kier alpha value is -2.51. The lowest BCUT2D eigenvalue weighted by Crippen LogP contribution is -2.13. The number of nitrogens with zero attached hydrogens (tertiary/aromatic N) is 1. The van der Waals surface area contributed by atoms with Crippen molar-refractivity contribution in [2.75, 3.05) is 25.3 Å². The predicted octanol–water partition coefficient (Wildman–Crippen LogP) is 6.40. The van der Waals surface area contributed by atoms with Crippen LogP contribution in [0.25, 0.3) is 10.6 Å². The fourth-order valence-electron chi connectivity index (χ4n) is 3.57. The number of carbonyl (C=O) groups excluding carboxylic acids is 1. The largest absolute Gasteiger partial charge is 0.493 e. The summed E-state index contributed by atoms with van der Waals surface area (Å²) in [6, 6.07) is 10.0. The summed E-state index contributed by atoms with van der Waals surface area (Å²) in [6.07, 6.45) is 1.36. The number of aryl methyl sites for hydroxylation is 3. The summed E-state index contributed by atoms with van der Waals surface area (Å²) in [6.45, 7) is 6.15. The first-order chi connectivity index (χ1) is 15.4. The molecule has 0 saturated carbocycles. The summed E-state index contributed by atoms with van der Waals surface area (Å²) in [5, 5.41) is 6.13. The second-order valence-electron chi connectivity index (χ2n) is 7.69. The molecule has 0 aliphatic carbocycles. The zero-order chi connectivity index (χ0) is 23.1. The number of nitrogens with one attached hydrogen (secondary N) is 1. The van der Waals surface area contributed by atoms with Crippen LogP contribution in [-0.2, 0) is 10.5 Å². The number of thioether (sulfide) groups is 1. The molecule has 0 fully saturated rings. The van der Waals surface area contributed by atoms with Gasteiger partial charge in [0.15, 0.2) is 11.5 Å². The molecule has 0 radical (unpaired) electrons. The topological polar surface area (TPSA) is 60.5 Å². The smallest absolute Gasteiger partial charge is 0.224 e. The Balaban J connectivity index is 1.44. The molecule has 0 unspecified atom stereocenters. The molecule has 0 bridgehead atoms. The highest BCUT2D eigenvalue weighted by Gasteiger charge is 2.11. The van der Waals surface area contributed by atoms with E-state index < -0.39 is 0 Å². The number of anilines is 1. The second-order valence-corrected chi connectivity index (χ2v) is 9.66. The zero-order valence-corrected chi connectivity index (χ0v) is 20.9. The van der Waals surface area contributed by atoms with Gasteiger partial charge in [-0.1, -0.05) is 17.7 Å². The van der Waals surface area contributed by atoms with E-state index in [1.54, 1.807) is 37.3 Å². The number of carbonyl (C=O) groups is 1. The predicted molar refractivity (Wildman–Crippen MR) is 135 cm³/mol. The van der Waals surface area contributed by atoms with Crippen LogP contribution in [0.15, 0.2) is 35.7 Å². The van der Waals surface area contributed by atoms with Crippen molar-refractivity contribution in [3.63, 3.8) is 0 Å². The Kier molecular flexibility index (Phi) is 8.59. The van der Waals surface area contributed by atoms with Crippen LogP contribution in [0.1, 0.15) is 35.2 Å². The van der Waals surface area contributed by atoms with Crippen LogP contribution in [0.3, 0.4) is 0 Å². The van der Waals surface area contributed by atoms with Crippen LogP contribution in [0.5, 0.6) is 11.5 Å². The van der Waals surface area contributed by atoms with Gasteiger partial charge in [-0.2, -0.15) is 11.8 Å². The SMILES string of the molecule is COc1ccc(-c2nc(CSCCCC(=O)Nc3c(C)cc(C)cc3C)cs2)cc1OC. The van der Waals surface area contributed by atoms with Crippen LogP contribution in [0, 0.1) is 20.8 Å². The van der Waals surface area contributed by atoms with E-state index >= 15 is 0 Å². The summed E-state index contributed by atoms with van der Waals surface area (Å²) < 4.78 is 10.7. The zero-order valence-electron chi connectivity index (χ0n) is 19.3. The van der Waals surface area contributed by atoms with Gasteiger partial charge in [-0.15, -0.1) is 11.3 Å². The normalized spacial score (nSPS) is 10.8. The molecule has 1 heterocycles. The molecule has 2 aromatic carbocycles. The van der Waals surface area contributed by atoms with E-state index in [4.69, 9.17) is 14.5 Å². The maximum absolute atomic E-state index is 12.3. The lowest BCUT2D eigenvalue weighted by molar-refractivity contribution is -0.116. The van der Waals surface area contributed by atoms with Crippen LogP contribution in [-0.4, -0.2) is 30.9 Å². The average molecular weight is 471 g/mol. The molecule has 0 saturated heterocycles. The first-order valence-corrected chi connectivity index (χ1v) is 12.6. The molecule has 170 valence electrons. The van der Waals surface area contributed by atoms with Crippen LogP contribution in [0.4, 0.5) is 5.69 Å². The molecule has 1 N–H and O–H groups in total. The number of hydrogen-bond donors (Lipinski definition) is 1. The van der Waals surface area contributed by atoms with Crippen LogP contribution >= 0.6 is 23.1 Å². The van der Waals surface area contributed by atoms with E-state index in [2.05, 4.69) is 29.8 Å². The molecular weight excluding hydrogens is 440 g/mol. The minimum atomic E-state index is 0.0741. The maximum atomic E-state index is 12.3. The number of methoxy groups -OCH3 is 2. The third-order valence-corrected chi connectivity index (χ3v) is 7.08. The van der Waals surface area contributed by atoms with Gasteiger partial charge in [-0.25, -0.2) is 4.98 Å². The summed E-state index contributed by atoms with van der Waals surface area (Å²) in [7, 11) is 3.26. The molecule has 3 aromatic rings. The Morgan fingerprint density at radius 2 is 1.78 bits per heavy atom. The van der Waals surface area contributed by atoms with Gasteiger partial charge in [0.1, 0.15) is 5.01 Å². The van der Waals surface area contributed by atoms with E-state index in [9.17, 15) is 4.79 Å². The molecule has 0 spiro atoms. The van der Waals surface area contributed by atoms with Crippen molar-refractivity contribution in [3.05, 3.63) is 58.1 Å². The first kappa shape index (κ1) is 24.1. The Morgan fingerprint density at radius 3 is 2.47 bits per heavy atom. The maximum Gasteiger partial charge on any atom is 0.224 e. The molecule has 3 rings (SSSR count). The van der Waals surface area contributed by atoms with Crippen molar-refractivity contribution >= 4 is 34.7 Å². The minimum Gasteiger partial charge on any atom is -0.493 e. The van der Waals surface area contributed by atoms with Gasteiger partial charge in [-0.3, -0.25) is 4.79 Å². The van der Waals surface area contributed by atoms with Crippen LogP contribution < -0.4 is 14.8 Å². The molecule has 32 heavy (non-hydrogen) atoms. The molecule has 0 aliphatic rings. The fourth-order valence-corrected chi connectivity index (χ4v) is 5.34. The highest BCUT2D eigenvalue weighted by Crippen LogP contribution is 2.34. The number of hydrogen-bond acceptors (Lipinski definition) is 6. The first-order valence-electron chi connectivity index (χ1n) is 10.5. The van der Waals surface area contributed by atoms with Gasteiger partial charge >= 0.3 is 0 Å². The van der Waals surface area contributed by atoms with Crippen molar-refractivity contribution < 1.29 is 14.3 Å². The summed E-state index contributed by atoms with van der Waals surface area (Å²) in [5.41, 5.74) is 6.45. The van der Waals surface area contributed by atoms with Gasteiger partial charge in [0.05, 0.1) is 19.9 Å². The van der Waals surface area contributed by atoms with Crippen molar-refractivity contribution in [1.82, 2.24) is 4.98 Å². The number of thiazole rings is 1. The van der Waals surface area contributed by atoms with Gasteiger partial charge < -0.3 is 14.8 Å². The molecule has 5 nitrogen and oxygen atoms in total. The number of benzene rings is 2. The van der Waals surface area contributed by atoms with E-state index in [1.165, 1.54) is 5.56 Å². The van der Waals surface area contributed by atoms with E-state index in [-0.39, 0.29) is 5.91 Å². The second kappa shape index (κ2) is 11.4. The quantitative estimate of drug-likeness (QED) is 0.347. The Morgan fingerprint density at radius 1 is 1.06 bits per heavy atom. The van der Waals surface area contributed by atoms with Gasteiger partial charge in [0.2, 0.25) is 5.91 Å². The molecular formula is C25H30N2O3S2. The van der Waals surface area contributed by atoms with Gasteiger partial charge in [0, 0.05) is 28.8 Å². The molecule has 0 aliphatic heterocycles. The highest BCUT2D eigenvalue weighted by atomic mass is 32.2. The molecule has 0 atom stereocenters. The van der Waals surface area contributed by atoms with E-state index in [1.807, 2.05) is 32.0 Å². The molecule has 7 heteroatoms. The highest BCUT2D eigenvalue weighted by molar-refractivity contribution is 7.98. The van der Waals surface area contributed by atoms with Gasteiger partial charge in [-0.05, 0) is 62.3 Å². The van der Waals surface area contributed by atoms with Crippen LogP contribution in [0.2, 0.25) is 0 Å². The molecule has 1 amide bonds. The average Bonchev–Trinajstić information content (AvgIpc) is 3.24. The number of amides is 1. The molecule has 1 aromatic heterocycles. The Labute approximate surface area is 198 Å². The standard InChI is InChI=1S/C25H30N2O3S2/c1-16-11-17(2)24(18(3)12-16)27-23(28)7-6-10-31-14-20-15-32-25(26-20)19-8-9-21(29-4)22(13-19)30-5/h8-9,11-13,15H,6-7,10,14H2,1-5H3,(H,27,28). The summed E-state index contributed by atoms with van der Waals surface area (Å²) >= 11 is 3.43. The number of aromatic nitrogens is 1. The third kappa shape index (κ3) is 6.26. The van der Waals surface area contributed by atoms with Crippen molar-refractivity contribution in [3.8, 4) is 22.1 Å². The monoisotopic (exact) mass is 470 g/mol. The lowest BCUT2D eigenvalue weighted by Gasteiger charge is -2.12. The fraction of sp³-hybridized carbons (Fsp3) is 0.360.